The number of anilines is 1. The zero-order valence-electron chi connectivity index (χ0n) is 13.5. The van der Waals surface area contributed by atoms with Crippen molar-refractivity contribution in [2.75, 3.05) is 25.5 Å². The number of nitrogens with one attached hydrogen (secondary N) is 1. The van der Waals surface area contributed by atoms with Gasteiger partial charge in [-0.25, -0.2) is 0 Å². The van der Waals surface area contributed by atoms with Crippen LogP contribution in [0.4, 0.5) is 5.69 Å². The Morgan fingerprint density at radius 3 is 2.55 bits per heavy atom. The largest absolute Gasteiger partial charge is 0.495 e. The van der Waals surface area contributed by atoms with Crippen LogP contribution in [-0.4, -0.2) is 36.9 Å². The number of methoxy groups -OCH3 is 1. The molecule has 0 bridgehead atoms. The Bertz CT molecular complexity index is 532. The van der Waals surface area contributed by atoms with Gasteiger partial charge in [-0.15, -0.1) is 0 Å². The Morgan fingerprint density at radius 2 is 2.05 bits per heavy atom. The van der Waals surface area contributed by atoms with Gasteiger partial charge >= 0.3 is 0 Å². The van der Waals surface area contributed by atoms with Crippen LogP contribution in [0.2, 0.25) is 5.02 Å². The molecule has 122 valence electrons. The number of amides is 2. The highest BCUT2D eigenvalue weighted by molar-refractivity contribution is 6.32. The molecule has 0 aromatic heterocycles. The SMILES string of the molecule is COc1ccc(NC(=O)CN(CCC(C)C)C(C)=O)cc1Cl. The molecule has 1 aromatic rings. The summed E-state index contributed by atoms with van der Waals surface area (Å²) in [6.07, 6.45) is 0.862. The molecular formula is C16H23ClN2O3. The van der Waals surface area contributed by atoms with E-state index in [0.29, 0.717) is 28.9 Å². The van der Waals surface area contributed by atoms with Crippen LogP contribution >= 0.6 is 11.6 Å². The number of benzene rings is 1. The van der Waals surface area contributed by atoms with E-state index in [1.165, 1.54) is 14.0 Å². The molecule has 0 aliphatic heterocycles. The van der Waals surface area contributed by atoms with Crippen molar-refractivity contribution in [3.63, 3.8) is 0 Å². The minimum absolute atomic E-state index is 0.0334. The molecule has 0 saturated heterocycles. The summed E-state index contributed by atoms with van der Waals surface area (Å²) >= 11 is 6.01. The maximum atomic E-state index is 12.1. The first-order valence-electron chi connectivity index (χ1n) is 7.22. The maximum Gasteiger partial charge on any atom is 0.243 e. The summed E-state index contributed by atoms with van der Waals surface area (Å²) in [5.74, 6) is 0.663. The molecule has 1 aromatic carbocycles. The first kappa shape index (κ1) is 18.3. The summed E-state index contributed by atoms with van der Waals surface area (Å²) in [7, 11) is 1.53. The molecular weight excluding hydrogens is 304 g/mol. The Morgan fingerprint density at radius 1 is 1.36 bits per heavy atom. The smallest absolute Gasteiger partial charge is 0.243 e. The molecule has 22 heavy (non-hydrogen) atoms. The van der Waals surface area contributed by atoms with Crippen molar-refractivity contribution >= 4 is 29.1 Å². The number of nitrogens with zero attached hydrogens (tertiary/aromatic N) is 1. The first-order valence-corrected chi connectivity index (χ1v) is 7.60. The van der Waals surface area contributed by atoms with Crippen LogP contribution in [0.25, 0.3) is 0 Å². The lowest BCUT2D eigenvalue weighted by Gasteiger charge is -2.21. The second kappa shape index (κ2) is 8.63. The van der Waals surface area contributed by atoms with Crippen LogP contribution in [0, 0.1) is 5.92 Å². The van der Waals surface area contributed by atoms with Gasteiger partial charge in [0.05, 0.1) is 18.7 Å². The third kappa shape index (κ3) is 5.93. The van der Waals surface area contributed by atoms with E-state index in [1.54, 1.807) is 23.1 Å². The Hall–Kier alpha value is -1.75. The molecule has 5 nitrogen and oxygen atoms in total. The number of carbonyl (C=O) groups is 2. The van der Waals surface area contributed by atoms with Crippen molar-refractivity contribution in [1.82, 2.24) is 4.90 Å². The molecule has 0 heterocycles. The summed E-state index contributed by atoms with van der Waals surface area (Å²) in [4.78, 5) is 25.2. The third-order valence-electron chi connectivity index (χ3n) is 3.19. The van der Waals surface area contributed by atoms with Crippen LogP contribution in [0.5, 0.6) is 5.75 Å². The summed E-state index contributed by atoms with van der Waals surface area (Å²) in [6, 6.07) is 5.00. The molecule has 0 aliphatic rings. The van der Waals surface area contributed by atoms with Crippen LogP contribution in [0.3, 0.4) is 0 Å². The first-order chi connectivity index (χ1) is 10.3. The van der Waals surface area contributed by atoms with Gasteiger partial charge < -0.3 is 15.0 Å². The third-order valence-corrected chi connectivity index (χ3v) is 3.49. The predicted octanol–water partition coefficient (Wildman–Crippen LogP) is 3.18. The molecule has 0 unspecified atom stereocenters. The van der Waals surface area contributed by atoms with Gasteiger partial charge in [0.2, 0.25) is 11.8 Å². The molecule has 1 rings (SSSR count). The fourth-order valence-electron chi connectivity index (χ4n) is 1.88. The lowest BCUT2D eigenvalue weighted by molar-refractivity contribution is -0.132. The van der Waals surface area contributed by atoms with E-state index in [1.807, 2.05) is 0 Å². The van der Waals surface area contributed by atoms with Crippen LogP contribution < -0.4 is 10.1 Å². The second-order valence-electron chi connectivity index (χ2n) is 5.52. The fourth-order valence-corrected chi connectivity index (χ4v) is 2.14. The summed E-state index contributed by atoms with van der Waals surface area (Å²) in [6.45, 7) is 6.24. The molecule has 2 amide bonds. The van der Waals surface area contributed by atoms with Gasteiger partial charge in [-0.3, -0.25) is 9.59 Å². The van der Waals surface area contributed by atoms with Gasteiger partial charge in [-0.1, -0.05) is 25.4 Å². The van der Waals surface area contributed by atoms with E-state index in [2.05, 4.69) is 19.2 Å². The molecule has 0 saturated carbocycles. The minimum atomic E-state index is -0.250. The van der Waals surface area contributed by atoms with E-state index in [0.717, 1.165) is 6.42 Å². The highest BCUT2D eigenvalue weighted by Crippen LogP contribution is 2.27. The maximum absolute atomic E-state index is 12.1. The standard InChI is InChI=1S/C16H23ClN2O3/c1-11(2)7-8-19(12(3)20)10-16(21)18-13-5-6-15(22-4)14(17)9-13/h5-6,9,11H,7-8,10H2,1-4H3,(H,18,21). The molecule has 6 heteroatoms. The number of carbonyl (C=O) groups excluding carboxylic acids is 2. The average Bonchev–Trinajstić information content (AvgIpc) is 2.43. The molecule has 0 aliphatic carbocycles. The van der Waals surface area contributed by atoms with Crippen molar-refractivity contribution in [2.45, 2.75) is 27.2 Å². The van der Waals surface area contributed by atoms with Gasteiger partial charge in [0.1, 0.15) is 5.75 Å². The zero-order chi connectivity index (χ0) is 16.7. The molecule has 0 fully saturated rings. The van der Waals surface area contributed by atoms with Crippen molar-refractivity contribution in [1.29, 1.82) is 0 Å². The van der Waals surface area contributed by atoms with Crippen molar-refractivity contribution in [3.05, 3.63) is 23.2 Å². The highest BCUT2D eigenvalue weighted by Gasteiger charge is 2.14. The van der Waals surface area contributed by atoms with Gasteiger partial charge in [-0.2, -0.15) is 0 Å². The summed E-state index contributed by atoms with van der Waals surface area (Å²) in [5.41, 5.74) is 0.572. The minimum Gasteiger partial charge on any atom is -0.495 e. The zero-order valence-corrected chi connectivity index (χ0v) is 14.2. The number of hydrogen-bond donors (Lipinski definition) is 1. The van der Waals surface area contributed by atoms with Crippen molar-refractivity contribution < 1.29 is 14.3 Å². The predicted molar refractivity (Wildman–Crippen MR) is 88.3 cm³/mol. The number of hydrogen-bond acceptors (Lipinski definition) is 3. The van der Waals surface area contributed by atoms with Gasteiger partial charge in [0, 0.05) is 19.2 Å². The Balaban J connectivity index is 2.63. The Kier molecular flexibility index (Phi) is 7.18. The molecule has 1 N–H and O–H groups in total. The van der Waals surface area contributed by atoms with E-state index in [9.17, 15) is 9.59 Å². The topological polar surface area (TPSA) is 58.6 Å². The fraction of sp³-hybridized carbons (Fsp3) is 0.500. The van der Waals surface area contributed by atoms with Gasteiger partial charge in [0.15, 0.2) is 0 Å². The van der Waals surface area contributed by atoms with Crippen molar-refractivity contribution in [3.8, 4) is 5.75 Å². The molecule has 0 spiro atoms. The normalized spacial score (nSPS) is 10.5. The van der Waals surface area contributed by atoms with Crippen LogP contribution in [0.15, 0.2) is 18.2 Å². The monoisotopic (exact) mass is 326 g/mol. The second-order valence-corrected chi connectivity index (χ2v) is 5.93. The summed E-state index contributed by atoms with van der Waals surface area (Å²) < 4.78 is 5.06. The van der Waals surface area contributed by atoms with E-state index < -0.39 is 0 Å². The molecule has 0 atom stereocenters. The lowest BCUT2D eigenvalue weighted by atomic mass is 10.1. The van der Waals surface area contributed by atoms with Gasteiger partial charge in [-0.05, 0) is 30.5 Å². The van der Waals surface area contributed by atoms with E-state index in [-0.39, 0.29) is 18.4 Å². The van der Waals surface area contributed by atoms with Gasteiger partial charge in [0.25, 0.3) is 0 Å². The highest BCUT2D eigenvalue weighted by atomic mass is 35.5. The lowest BCUT2D eigenvalue weighted by Crippen LogP contribution is -2.37. The molecule has 0 radical (unpaired) electrons. The van der Waals surface area contributed by atoms with Crippen molar-refractivity contribution in [2.24, 2.45) is 5.92 Å². The van der Waals surface area contributed by atoms with E-state index in [4.69, 9.17) is 16.3 Å². The number of halogens is 1. The average molecular weight is 327 g/mol. The Labute approximate surface area is 136 Å². The van der Waals surface area contributed by atoms with Crippen LogP contribution in [0.1, 0.15) is 27.2 Å². The number of ether oxygens (including phenoxy) is 1. The number of rotatable bonds is 7. The summed E-state index contributed by atoms with van der Waals surface area (Å²) in [5, 5.41) is 3.15. The van der Waals surface area contributed by atoms with Crippen LogP contribution in [-0.2, 0) is 9.59 Å². The quantitative estimate of drug-likeness (QED) is 0.837. The van der Waals surface area contributed by atoms with E-state index >= 15 is 0 Å².